The van der Waals surface area contributed by atoms with Crippen LogP contribution in [0.25, 0.3) is 0 Å². The number of carbonyl (C=O) groups is 1. The van der Waals surface area contributed by atoms with Gasteiger partial charge in [-0.3, -0.25) is 0 Å². The summed E-state index contributed by atoms with van der Waals surface area (Å²) in [5.74, 6) is 0.978. The van der Waals surface area contributed by atoms with Crippen molar-refractivity contribution >= 4 is 29.4 Å². The molecule has 0 saturated carbocycles. The van der Waals surface area contributed by atoms with E-state index in [-0.39, 0.29) is 24.7 Å². The lowest BCUT2D eigenvalue weighted by Crippen LogP contribution is -2.43. The minimum Gasteiger partial charge on any atom is -0.396 e. The van der Waals surface area contributed by atoms with Crippen molar-refractivity contribution in [2.75, 3.05) is 12.4 Å². The van der Waals surface area contributed by atoms with Crippen LogP contribution >= 0.6 is 23.4 Å². The molecule has 2 atom stereocenters. The summed E-state index contributed by atoms with van der Waals surface area (Å²) >= 11 is 7.83. The van der Waals surface area contributed by atoms with Crippen molar-refractivity contribution in [1.82, 2.24) is 10.6 Å². The van der Waals surface area contributed by atoms with E-state index in [2.05, 4.69) is 10.6 Å². The lowest BCUT2D eigenvalue weighted by atomic mass is 10.0. The van der Waals surface area contributed by atoms with Crippen LogP contribution in [0.1, 0.15) is 31.4 Å². The number of thioether (sulfide) groups is 1. The first-order valence-electron chi connectivity index (χ1n) is 6.70. The lowest BCUT2D eigenvalue weighted by Gasteiger charge is -2.27. The molecule has 1 unspecified atom stereocenters. The van der Waals surface area contributed by atoms with E-state index in [1.165, 1.54) is 4.90 Å². The minimum absolute atomic E-state index is 0.00808. The van der Waals surface area contributed by atoms with Gasteiger partial charge in [0.2, 0.25) is 0 Å². The average molecular weight is 315 g/mol. The zero-order valence-corrected chi connectivity index (χ0v) is 12.9. The van der Waals surface area contributed by atoms with Crippen LogP contribution < -0.4 is 10.6 Å². The van der Waals surface area contributed by atoms with E-state index in [1.54, 1.807) is 11.8 Å². The number of hydrogen-bond acceptors (Lipinski definition) is 3. The topological polar surface area (TPSA) is 61.4 Å². The van der Waals surface area contributed by atoms with Gasteiger partial charge in [0.05, 0.1) is 6.04 Å². The van der Waals surface area contributed by atoms with Crippen LogP contribution in [0.2, 0.25) is 5.02 Å². The average Bonchev–Trinajstić information content (AvgIpc) is 2.39. The van der Waals surface area contributed by atoms with Gasteiger partial charge in [0.1, 0.15) is 0 Å². The zero-order chi connectivity index (χ0) is 14.5. The fraction of sp³-hybridized carbons (Fsp3) is 0.500. The maximum absolute atomic E-state index is 11.9. The third-order valence-corrected chi connectivity index (χ3v) is 4.61. The van der Waals surface area contributed by atoms with Crippen molar-refractivity contribution in [1.29, 1.82) is 0 Å². The molecule has 4 nitrogen and oxygen atoms in total. The van der Waals surface area contributed by atoms with Crippen LogP contribution in [0.4, 0.5) is 4.79 Å². The molecule has 2 rings (SSSR count). The van der Waals surface area contributed by atoms with Crippen molar-refractivity contribution in [3.63, 3.8) is 0 Å². The Balaban J connectivity index is 2.01. The van der Waals surface area contributed by atoms with Crippen LogP contribution in [-0.4, -0.2) is 29.5 Å². The molecule has 1 aromatic rings. The van der Waals surface area contributed by atoms with E-state index in [0.29, 0.717) is 11.4 Å². The highest BCUT2D eigenvalue weighted by Crippen LogP contribution is 2.37. The molecule has 0 bridgehead atoms. The highest BCUT2D eigenvalue weighted by atomic mass is 35.5. The summed E-state index contributed by atoms with van der Waals surface area (Å²) in [4.78, 5) is 13.1. The third kappa shape index (κ3) is 4.04. The molecule has 0 fully saturated rings. The van der Waals surface area contributed by atoms with Crippen LogP contribution in [0, 0.1) is 0 Å². The first kappa shape index (κ1) is 15.5. The normalized spacial score (nSPS) is 19.1. The fourth-order valence-electron chi connectivity index (χ4n) is 2.20. The number of halogens is 1. The number of nitrogens with one attached hydrogen (secondary N) is 2. The number of urea groups is 1. The Morgan fingerprint density at radius 1 is 1.60 bits per heavy atom. The minimum atomic E-state index is -0.200. The van der Waals surface area contributed by atoms with E-state index in [4.69, 9.17) is 16.7 Å². The Bertz CT molecular complexity index is 484. The first-order chi connectivity index (χ1) is 9.60. The molecule has 2 amide bonds. The van der Waals surface area contributed by atoms with E-state index >= 15 is 0 Å². The largest absolute Gasteiger partial charge is 0.396 e. The number of benzene rings is 1. The third-order valence-electron chi connectivity index (χ3n) is 3.26. The molecule has 1 heterocycles. The molecule has 0 spiro atoms. The number of hydrogen-bond donors (Lipinski definition) is 3. The van der Waals surface area contributed by atoms with Gasteiger partial charge in [0.25, 0.3) is 0 Å². The van der Waals surface area contributed by atoms with Crippen LogP contribution in [-0.2, 0) is 0 Å². The molecule has 0 aliphatic carbocycles. The molecule has 20 heavy (non-hydrogen) atoms. The second kappa shape index (κ2) is 7.20. The molecule has 0 saturated heterocycles. The van der Waals surface area contributed by atoms with E-state index in [1.807, 2.05) is 25.1 Å². The molecule has 0 aromatic heterocycles. The molecule has 0 radical (unpaired) electrons. The molecule has 1 aliphatic rings. The summed E-state index contributed by atoms with van der Waals surface area (Å²) in [6, 6.07) is 5.55. The Labute approximate surface area is 128 Å². The Hall–Kier alpha value is -0.910. The van der Waals surface area contributed by atoms with Crippen LogP contribution in [0.5, 0.6) is 0 Å². The monoisotopic (exact) mass is 314 g/mol. The van der Waals surface area contributed by atoms with Gasteiger partial charge in [0, 0.05) is 28.3 Å². The molecule has 6 heteroatoms. The van der Waals surface area contributed by atoms with Gasteiger partial charge in [0.15, 0.2) is 0 Å². The first-order valence-corrected chi connectivity index (χ1v) is 8.06. The van der Waals surface area contributed by atoms with E-state index in [0.717, 1.165) is 17.7 Å². The summed E-state index contributed by atoms with van der Waals surface area (Å²) in [5.41, 5.74) is 1.08. The van der Waals surface area contributed by atoms with Crippen molar-refractivity contribution in [3.05, 3.63) is 28.8 Å². The molecule has 1 aliphatic heterocycles. The quantitative estimate of drug-likeness (QED) is 0.800. The van der Waals surface area contributed by atoms with Gasteiger partial charge < -0.3 is 15.7 Å². The molecular formula is C14H19ClN2O2S. The summed E-state index contributed by atoms with van der Waals surface area (Å²) in [6.07, 6.45) is 1.44. The Kier molecular flexibility index (Phi) is 5.57. The number of aliphatic hydroxyl groups excluding tert-OH is 1. The summed E-state index contributed by atoms with van der Waals surface area (Å²) in [5, 5.41) is 15.3. The maximum Gasteiger partial charge on any atom is 0.315 e. The Morgan fingerprint density at radius 3 is 3.15 bits per heavy atom. The van der Waals surface area contributed by atoms with Gasteiger partial charge in [-0.15, -0.1) is 11.8 Å². The number of fused-ring (bicyclic) bond motifs is 1. The second-order valence-corrected chi connectivity index (χ2v) is 6.48. The van der Waals surface area contributed by atoms with Gasteiger partial charge in [-0.2, -0.15) is 0 Å². The summed E-state index contributed by atoms with van der Waals surface area (Å²) in [7, 11) is 0. The van der Waals surface area contributed by atoms with E-state index < -0.39 is 0 Å². The predicted octanol–water partition coefficient (Wildman–Crippen LogP) is 2.95. The van der Waals surface area contributed by atoms with Crippen molar-refractivity contribution in [3.8, 4) is 0 Å². The van der Waals surface area contributed by atoms with Crippen molar-refractivity contribution in [2.24, 2.45) is 0 Å². The molecular weight excluding hydrogens is 296 g/mol. The van der Waals surface area contributed by atoms with E-state index in [9.17, 15) is 4.79 Å². The predicted molar refractivity (Wildman–Crippen MR) is 82.4 cm³/mol. The van der Waals surface area contributed by atoms with Gasteiger partial charge in [-0.1, -0.05) is 11.6 Å². The maximum atomic E-state index is 11.9. The summed E-state index contributed by atoms with van der Waals surface area (Å²) < 4.78 is 0. The smallest absolute Gasteiger partial charge is 0.315 e. The highest BCUT2D eigenvalue weighted by molar-refractivity contribution is 7.99. The molecule has 3 N–H and O–H groups in total. The highest BCUT2D eigenvalue weighted by Gasteiger charge is 2.22. The van der Waals surface area contributed by atoms with Gasteiger partial charge in [-0.05, 0) is 43.5 Å². The number of rotatable bonds is 4. The number of aliphatic hydroxyl groups is 1. The zero-order valence-electron chi connectivity index (χ0n) is 11.4. The lowest BCUT2D eigenvalue weighted by molar-refractivity contribution is 0.227. The van der Waals surface area contributed by atoms with Gasteiger partial charge in [-0.25, -0.2) is 4.79 Å². The van der Waals surface area contributed by atoms with Gasteiger partial charge >= 0.3 is 6.03 Å². The van der Waals surface area contributed by atoms with Crippen LogP contribution in [0.15, 0.2) is 23.1 Å². The SMILES string of the molecule is C[C@H](CCO)NC(=O)NC1CCSc2ccc(Cl)cc21. The van der Waals surface area contributed by atoms with Crippen LogP contribution in [0.3, 0.4) is 0 Å². The summed E-state index contributed by atoms with van der Waals surface area (Å²) in [6.45, 7) is 1.94. The molecule has 110 valence electrons. The Morgan fingerprint density at radius 2 is 2.40 bits per heavy atom. The number of amides is 2. The van der Waals surface area contributed by atoms with Crippen molar-refractivity contribution in [2.45, 2.75) is 36.7 Å². The molecule has 1 aromatic carbocycles. The van der Waals surface area contributed by atoms with Crippen molar-refractivity contribution < 1.29 is 9.90 Å². The second-order valence-electron chi connectivity index (χ2n) is 4.90. The number of carbonyl (C=O) groups excluding carboxylic acids is 1. The standard InChI is InChI=1S/C14H19ClN2O2S/c1-9(4-6-18)16-14(19)17-12-5-7-20-13-3-2-10(15)8-11(12)13/h2-3,8-9,12,18H,4-7H2,1H3,(H2,16,17,19)/t9-,12?/m1/s1. The fourth-order valence-corrected chi connectivity index (χ4v) is 3.49.